The molecule has 190 valence electrons. The standard InChI is InChI=1S/C36H25N3O/c1-3-5-12-23(4-2)38-30-17-10-7-15-27(30)35-31(38)20-19-26-24-13-6-9-16-29(24)39(36(26)35)34-21-33-28(22-37-34)25-14-8-11-18-32(25)40-33/h3-22H,1H2,2H3/b12-5-,23-4+. The van der Waals surface area contributed by atoms with Gasteiger partial charge in [-0.2, -0.15) is 0 Å². The fourth-order valence-electron chi connectivity index (χ4n) is 6.22. The van der Waals surface area contributed by atoms with Crippen molar-refractivity contribution in [3.05, 3.63) is 128 Å². The van der Waals surface area contributed by atoms with Crippen LogP contribution in [0, 0.1) is 0 Å². The molecule has 8 rings (SSSR count). The van der Waals surface area contributed by atoms with Gasteiger partial charge in [0.25, 0.3) is 0 Å². The normalized spacial score (nSPS) is 12.8. The molecule has 4 aromatic heterocycles. The minimum absolute atomic E-state index is 0.831. The summed E-state index contributed by atoms with van der Waals surface area (Å²) in [7, 11) is 0. The fraction of sp³-hybridized carbons (Fsp3) is 0.0278. The molecule has 8 aromatic rings. The van der Waals surface area contributed by atoms with Crippen molar-refractivity contribution in [3.8, 4) is 5.82 Å². The molecule has 0 spiro atoms. The van der Waals surface area contributed by atoms with Gasteiger partial charge in [-0.3, -0.25) is 4.57 Å². The van der Waals surface area contributed by atoms with Gasteiger partial charge in [0.2, 0.25) is 0 Å². The molecule has 4 heterocycles. The van der Waals surface area contributed by atoms with Crippen LogP contribution in [0.25, 0.3) is 77.1 Å². The van der Waals surface area contributed by atoms with Gasteiger partial charge in [0, 0.05) is 50.3 Å². The minimum atomic E-state index is 0.831. The van der Waals surface area contributed by atoms with E-state index >= 15 is 0 Å². The van der Waals surface area contributed by atoms with Crippen LogP contribution >= 0.6 is 0 Å². The van der Waals surface area contributed by atoms with Crippen molar-refractivity contribution in [1.82, 2.24) is 14.1 Å². The average molecular weight is 516 g/mol. The van der Waals surface area contributed by atoms with E-state index < -0.39 is 0 Å². The molecule has 0 radical (unpaired) electrons. The molecule has 4 aromatic carbocycles. The lowest BCUT2D eigenvalue weighted by Gasteiger charge is -2.10. The van der Waals surface area contributed by atoms with E-state index in [1.807, 2.05) is 36.5 Å². The molecule has 0 bridgehead atoms. The maximum atomic E-state index is 6.28. The number of rotatable bonds is 4. The van der Waals surface area contributed by atoms with E-state index in [1.54, 1.807) is 0 Å². The van der Waals surface area contributed by atoms with Crippen molar-refractivity contribution in [2.45, 2.75) is 6.92 Å². The number of furan rings is 1. The predicted octanol–water partition coefficient (Wildman–Crippen LogP) is 9.79. The van der Waals surface area contributed by atoms with Crippen LogP contribution in [0.4, 0.5) is 0 Å². The molecule has 0 aliphatic rings. The molecule has 0 aliphatic heterocycles. The Balaban J connectivity index is 1.55. The first-order valence-corrected chi connectivity index (χ1v) is 13.5. The molecule has 0 fully saturated rings. The summed E-state index contributed by atoms with van der Waals surface area (Å²) >= 11 is 0. The molecule has 0 saturated heterocycles. The molecule has 0 aliphatic carbocycles. The van der Waals surface area contributed by atoms with Crippen molar-refractivity contribution >= 4 is 71.2 Å². The van der Waals surface area contributed by atoms with Gasteiger partial charge in [-0.1, -0.05) is 85.5 Å². The molecule has 0 atom stereocenters. The van der Waals surface area contributed by atoms with E-state index in [0.717, 1.165) is 55.5 Å². The molecule has 0 amide bonds. The van der Waals surface area contributed by atoms with Gasteiger partial charge in [0.15, 0.2) is 0 Å². The molecule has 0 saturated carbocycles. The molecule has 4 nitrogen and oxygen atoms in total. The first-order chi connectivity index (χ1) is 19.8. The number of benzene rings is 4. The highest BCUT2D eigenvalue weighted by atomic mass is 16.3. The molecule has 0 unspecified atom stereocenters. The summed E-state index contributed by atoms with van der Waals surface area (Å²) in [6, 6.07) is 31.9. The summed E-state index contributed by atoms with van der Waals surface area (Å²) in [5.41, 5.74) is 7.35. The van der Waals surface area contributed by atoms with Crippen molar-refractivity contribution in [2.24, 2.45) is 0 Å². The molecular weight excluding hydrogens is 490 g/mol. The molecular formula is C36H25N3O. The highest BCUT2D eigenvalue weighted by molar-refractivity contribution is 6.26. The summed E-state index contributed by atoms with van der Waals surface area (Å²) in [5, 5.41) is 6.89. The second-order valence-corrected chi connectivity index (χ2v) is 10.0. The zero-order chi connectivity index (χ0) is 26.8. The number of hydrogen-bond donors (Lipinski definition) is 0. The lowest BCUT2D eigenvalue weighted by atomic mass is 10.1. The molecule has 4 heteroatoms. The number of fused-ring (bicyclic) bond motifs is 10. The number of nitrogens with zero attached hydrogens (tertiary/aromatic N) is 3. The van der Waals surface area contributed by atoms with Gasteiger partial charge in [-0.05, 0) is 37.3 Å². The van der Waals surface area contributed by atoms with E-state index in [1.165, 1.54) is 21.5 Å². The summed E-state index contributed by atoms with van der Waals surface area (Å²) < 4.78 is 10.9. The zero-order valence-electron chi connectivity index (χ0n) is 22.0. The Labute approximate surface area is 230 Å². The quantitative estimate of drug-likeness (QED) is 0.219. The van der Waals surface area contributed by atoms with Crippen LogP contribution in [-0.2, 0) is 0 Å². The maximum Gasteiger partial charge on any atom is 0.141 e. The van der Waals surface area contributed by atoms with Gasteiger partial charge in [-0.25, -0.2) is 4.98 Å². The van der Waals surface area contributed by atoms with Crippen molar-refractivity contribution in [3.63, 3.8) is 0 Å². The van der Waals surface area contributed by atoms with E-state index in [4.69, 9.17) is 9.40 Å². The minimum Gasteiger partial charge on any atom is -0.456 e. The zero-order valence-corrected chi connectivity index (χ0v) is 22.0. The Kier molecular flexibility index (Phi) is 4.85. The van der Waals surface area contributed by atoms with Crippen LogP contribution in [0.5, 0.6) is 0 Å². The predicted molar refractivity (Wildman–Crippen MR) is 168 cm³/mol. The van der Waals surface area contributed by atoms with Gasteiger partial charge < -0.3 is 8.98 Å². The Hall–Kier alpha value is -5.35. The first-order valence-electron chi connectivity index (χ1n) is 13.5. The third-order valence-corrected chi connectivity index (χ3v) is 7.90. The Morgan fingerprint density at radius 1 is 0.750 bits per heavy atom. The van der Waals surface area contributed by atoms with Gasteiger partial charge in [0.05, 0.1) is 22.1 Å². The Morgan fingerprint density at radius 2 is 1.50 bits per heavy atom. The number of aromatic nitrogens is 3. The largest absolute Gasteiger partial charge is 0.456 e. The van der Waals surface area contributed by atoms with Crippen LogP contribution < -0.4 is 0 Å². The SMILES string of the molecule is C=C/C=C\C(=C/C)n1c2ccccc2c2c1ccc1c3ccccc3n(-c3cc4oc5ccccc5c4cn3)c12. The van der Waals surface area contributed by atoms with Crippen LogP contribution in [0.2, 0.25) is 0 Å². The highest BCUT2D eigenvalue weighted by Gasteiger charge is 2.21. The van der Waals surface area contributed by atoms with Crippen LogP contribution in [-0.4, -0.2) is 14.1 Å². The summed E-state index contributed by atoms with van der Waals surface area (Å²) in [4.78, 5) is 5.02. The smallest absolute Gasteiger partial charge is 0.141 e. The lowest BCUT2D eigenvalue weighted by molar-refractivity contribution is 0.668. The number of pyridine rings is 1. The second-order valence-electron chi connectivity index (χ2n) is 10.0. The van der Waals surface area contributed by atoms with Crippen molar-refractivity contribution < 1.29 is 4.42 Å². The van der Waals surface area contributed by atoms with Crippen LogP contribution in [0.3, 0.4) is 0 Å². The average Bonchev–Trinajstić information content (AvgIpc) is 3.65. The van der Waals surface area contributed by atoms with Crippen LogP contribution in [0.15, 0.2) is 132 Å². The monoisotopic (exact) mass is 515 g/mol. The van der Waals surface area contributed by atoms with E-state index in [9.17, 15) is 0 Å². The number of allylic oxidation sites excluding steroid dienone is 5. The van der Waals surface area contributed by atoms with Gasteiger partial charge >= 0.3 is 0 Å². The van der Waals surface area contributed by atoms with Crippen molar-refractivity contribution in [1.29, 1.82) is 0 Å². The lowest BCUT2D eigenvalue weighted by Crippen LogP contribution is -1.97. The maximum absolute atomic E-state index is 6.28. The number of para-hydroxylation sites is 3. The van der Waals surface area contributed by atoms with E-state index in [0.29, 0.717) is 0 Å². The first kappa shape index (κ1) is 22.6. The van der Waals surface area contributed by atoms with Gasteiger partial charge in [-0.15, -0.1) is 0 Å². The number of hydrogen-bond acceptors (Lipinski definition) is 2. The van der Waals surface area contributed by atoms with Crippen LogP contribution in [0.1, 0.15) is 6.92 Å². The Bertz CT molecular complexity index is 2360. The van der Waals surface area contributed by atoms with Gasteiger partial charge in [0.1, 0.15) is 17.0 Å². The molecule has 0 N–H and O–H groups in total. The molecule has 40 heavy (non-hydrogen) atoms. The van der Waals surface area contributed by atoms with E-state index in [2.05, 4.69) is 108 Å². The third-order valence-electron chi connectivity index (χ3n) is 7.90. The summed E-state index contributed by atoms with van der Waals surface area (Å²) in [6.45, 7) is 5.95. The highest BCUT2D eigenvalue weighted by Crippen LogP contribution is 2.42. The van der Waals surface area contributed by atoms with Crippen molar-refractivity contribution in [2.75, 3.05) is 0 Å². The topological polar surface area (TPSA) is 35.9 Å². The fourth-order valence-corrected chi connectivity index (χ4v) is 6.22. The third kappa shape index (κ3) is 3.04. The van der Waals surface area contributed by atoms with E-state index in [-0.39, 0.29) is 0 Å². The summed E-state index contributed by atoms with van der Waals surface area (Å²) in [6.07, 6.45) is 9.99. The summed E-state index contributed by atoms with van der Waals surface area (Å²) in [5.74, 6) is 0.833. The second kappa shape index (κ2) is 8.58. The Morgan fingerprint density at radius 3 is 2.33 bits per heavy atom.